The SMILES string of the molecule is COc1cc(Br)c(CN=C=O)c(OC)c1. The molecule has 1 aromatic carbocycles. The maximum absolute atomic E-state index is 10.0. The molecule has 0 spiro atoms. The lowest BCUT2D eigenvalue weighted by molar-refractivity contribution is 0.390. The Hall–Kier alpha value is -1.32. The fourth-order valence-corrected chi connectivity index (χ4v) is 1.70. The zero-order valence-corrected chi connectivity index (χ0v) is 10.00. The second-order valence-corrected chi connectivity index (χ2v) is 3.55. The minimum atomic E-state index is 0.233. The standard InChI is InChI=1S/C10H10BrNO3/c1-14-7-3-9(11)8(5-12-6-13)10(4-7)15-2/h3-4H,5H2,1-2H3. The van der Waals surface area contributed by atoms with Crippen molar-refractivity contribution in [2.75, 3.05) is 14.2 Å². The van der Waals surface area contributed by atoms with Gasteiger partial charge in [-0.3, -0.25) is 0 Å². The van der Waals surface area contributed by atoms with Crippen molar-refractivity contribution in [3.05, 3.63) is 22.2 Å². The van der Waals surface area contributed by atoms with Crippen LogP contribution in [0.1, 0.15) is 5.56 Å². The maximum atomic E-state index is 10.0. The van der Waals surface area contributed by atoms with Crippen molar-refractivity contribution in [3.8, 4) is 11.5 Å². The van der Waals surface area contributed by atoms with Crippen LogP contribution in [-0.2, 0) is 11.3 Å². The van der Waals surface area contributed by atoms with Gasteiger partial charge in [0.25, 0.3) is 0 Å². The van der Waals surface area contributed by atoms with Crippen LogP contribution in [0.5, 0.6) is 11.5 Å². The van der Waals surface area contributed by atoms with Gasteiger partial charge in [-0.1, -0.05) is 15.9 Å². The lowest BCUT2D eigenvalue weighted by Gasteiger charge is -2.10. The molecule has 15 heavy (non-hydrogen) atoms. The second kappa shape index (κ2) is 5.53. The Balaban J connectivity index is 3.17. The van der Waals surface area contributed by atoms with E-state index in [4.69, 9.17) is 9.47 Å². The third kappa shape index (κ3) is 2.81. The summed E-state index contributed by atoms with van der Waals surface area (Å²) in [5.74, 6) is 1.30. The summed E-state index contributed by atoms with van der Waals surface area (Å²) in [6.07, 6.45) is 1.49. The van der Waals surface area contributed by atoms with Gasteiger partial charge in [0.15, 0.2) is 0 Å². The number of rotatable bonds is 4. The van der Waals surface area contributed by atoms with E-state index in [1.165, 1.54) is 6.08 Å². The number of methoxy groups -OCH3 is 2. The number of hydrogen-bond acceptors (Lipinski definition) is 4. The van der Waals surface area contributed by atoms with E-state index in [2.05, 4.69) is 20.9 Å². The quantitative estimate of drug-likeness (QED) is 0.624. The maximum Gasteiger partial charge on any atom is 0.235 e. The molecule has 0 N–H and O–H groups in total. The molecular formula is C10H10BrNO3. The second-order valence-electron chi connectivity index (χ2n) is 2.70. The monoisotopic (exact) mass is 271 g/mol. The Kier molecular flexibility index (Phi) is 4.34. The highest BCUT2D eigenvalue weighted by atomic mass is 79.9. The molecule has 0 fully saturated rings. The van der Waals surface area contributed by atoms with E-state index < -0.39 is 0 Å². The van der Waals surface area contributed by atoms with Crippen LogP contribution in [0, 0.1) is 0 Å². The van der Waals surface area contributed by atoms with Gasteiger partial charge in [-0.15, -0.1) is 0 Å². The summed E-state index contributed by atoms with van der Waals surface area (Å²) < 4.78 is 11.0. The normalized spacial score (nSPS) is 9.27. The first-order valence-corrected chi connectivity index (χ1v) is 4.96. The van der Waals surface area contributed by atoms with Crippen molar-refractivity contribution in [1.29, 1.82) is 0 Å². The largest absolute Gasteiger partial charge is 0.497 e. The lowest BCUT2D eigenvalue weighted by atomic mass is 10.2. The molecule has 1 rings (SSSR count). The van der Waals surface area contributed by atoms with E-state index in [0.717, 1.165) is 10.0 Å². The van der Waals surface area contributed by atoms with Gasteiger partial charge in [-0.2, -0.15) is 0 Å². The van der Waals surface area contributed by atoms with Crippen molar-refractivity contribution in [2.45, 2.75) is 6.54 Å². The molecule has 0 aliphatic heterocycles. The van der Waals surface area contributed by atoms with Crippen LogP contribution in [-0.4, -0.2) is 20.3 Å². The fraction of sp³-hybridized carbons (Fsp3) is 0.300. The van der Waals surface area contributed by atoms with Crippen molar-refractivity contribution < 1.29 is 14.3 Å². The first-order chi connectivity index (χ1) is 7.22. The average Bonchev–Trinajstić information content (AvgIpc) is 2.26. The van der Waals surface area contributed by atoms with E-state index in [9.17, 15) is 4.79 Å². The fourth-order valence-electron chi connectivity index (χ4n) is 1.15. The van der Waals surface area contributed by atoms with Crippen LogP contribution < -0.4 is 9.47 Å². The van der Waals surface area contributed by atoms with Gasteiger partial charge in [0.1, 0.15) is 11.5 Å². The topological polar surface area (TPSA) is 47.9 Å². The van der Waals surface area contributed by atoms with Gasteiger partial charge in [-0.25, -0.2) is 9.79 Å². The van der Waals surface area contributed by atoms with Crippen LogP contribution in [0.25, 0.3) is 0 Å². The zero-order chi connectivity index (χ0) is 11.3. The molecular weight excluding hydrogens is 262 g/mol. The number of hydrogen-bond donors (Lipinski definition) is 0. The van der Waals surface area contributed by atoms with Gasteiger partial charge in [0, 0.05) is 16.1 Å². The molecule has 5 heteroatoms. The number of halogens is 1. The van der Waals surface area contributed by atoms with Crippen LogP contribution in [0.3, 0.4) is 0 Å². The summed E-state index contributed by atoms with van der Waals surface area (Å²) in [6, 6.07) is 3.53. The van der Waals surface area contributed by atoms with E-state index in [-0.39, 0.29) is 6.54 Å². The van der Waals surface area contributed by atoms with E-state index >= 15 is 0 Å². The molecule has 0 aliphatic carbocycles. The summed E-state index contributed by atoms with van der Waals surface area (Å²) in [4.78, 5) is 13.6. The first kappa shape index (κ1) is 11.8. The van der Waals surface area contributed by atoms with Crippen molar-refractivity contribution in [2.24, 2.45) is 4.99 Å². The molecule has 0 aromatic heterocycles. The molecule has 0 amide bonds. The third-order valence-electron chi connectivity index (χ3n) is 1.89. The van der Waals surface area contributed by atoms with E-state index in [0.29, 0.717) is 11.5 Å². The molecule has 0 unspecified atom stereocenters. The highest BCUT2D eigenvalue weighted by Crippen LogP contribution is 2.32. The van der Waals surface area contributed by atoms with Crippen molar-refractivity contribution in [1.82, 2.24) is 0 Å². The van der Waals surface area contributed by atoms with Gasteiger partial charge >= 0.3 is 0 Å². The summed E-state index contributed by atoms with van der Waals surface area (Å²) in [5, 5.41) is 0. The summed E-state index contributed by atoms with van der Waals surface area (Å²) >= 11 is 3.36. The molecule has 0 radical (unpaired) electrons. The van der Waals surface area contributed by atoms with Gasteiger partial charge in [-0.05, 0) is 6.07 Å². The molecule has 0 atom stereocenters. The molecule has 0 saturated heterocycles. The van der Waals surface area contributed by atoms with Crippen LogP contribution >= 0.6 is 15.9 Å². The summed E-state index contributed by atoms with van der Waals surface area (Å²) in [6.45, 7) is 0.233. The predicted octanol–water partition coefficient (Wildman–Crippen LogP) is 2.30. The van der Waals surface area contributed by atoms with Crippen LogP contribution in [0.15, 0.2) is 21.6 Å². The third-order valence-corrected chi connectivity index (χ3v) is 2.59. The molecule has 4 nitrogen and oxygen atoms in total. The number of nitrogens with zero attached hydrogens (tertiary/aromatic N) is 1. The Morgan fingerprint density at radius 2 is 2.13 bits per heavy atom. The van der Waals surface area contributed by atoms with Crippen molar-refractivity contribution >= 4 is 22.0 Å². The molecule has 0 aliphatic rings. The zero-order valence-electron chi connectivity index (χ0n) is 8.41. The minimum Gasteiger partial charge on any atom is -0.497 e. The molecule has 0 heterocycles. The van der Waals surface area contributed by atoms with Crippen LogP contribution in [0.2, 0.25) is 0 Å². The molecule has 1 aromatic rings. The predicted molar refractivity (Wildman–Crippen MR) is 59.1 cm³/mol. The number of benzene rings is 1. The smallest absolute Gasteiger partial charge is 0.235 e. The van der Waals surface area contributed by atoms with Gasteiger partial charge in [0.05, 0.1) is 20.8 Å². The molecule has 0 saturated carbocycles. The Morgan fingerprint density at radius 1 is 1.40 bits per heavy atom. The number of isocyanates is 1. The highest BCUT2D eigenvalue weighted by Gasteiger charge is 2.09. The number of aliphatic imine (C=N–C) groups is 1. The Bertz CT molecular complexity index is 400. The lowest BCUT2D eigenvalue weighted by Crippen LogP contribution is -1.94. The van der Waals surface area contributed by atoms with Gasteiger partial charge < -0.3 is 9.47 Å². The van der Waals surface area contributed by atoms with E-state index in [1.807, 2.05) is 0 Å². The van der Waals surface area contributed by atoms with E-state index in [1.54, 1.807) is 26.4 Å². The summed E-state index contributed by atoms with van der Waals surface area (Å²) in [5.41, 5.74) is 0.793. The minimum absolute atomic E-state index is 0.233. The van der Waals surface area contributed by atoms with Crippen LogP contribution in [0.4, 0.5) is 0 Å². The van der Waals surface area contributed by atoms with Crippen molar-refractivity contribution in [3.63, 3.8) is 0 Å². The number of ether oxygens (including phenoxy) is 2. The molecule has 80 valence electrons. The Labute approximate surface area is 96.0 Å². The summed E-state index contributed by atoms with van der Waals surface area (Å²) in [7, 11) is 3.12. The number of carbonyl (C=O) groups excluding carboxylic acids is 1. The first-order valence-electron chi connectivity index (χ1n) is 4.17. The highest BCUT2D eigenvalue weighted by molar-refractivity contribution is 9.10. The Morgan fingerprint density at radius 3 is 2.67 bits per heavy atom. The molecule has 0 bridgehead atoms. The average molecular weight is 272 g/mol. The van der Waals surface area contributed by atoms with Gasteiger partial charge in [0.2, 0.25) is 6.08 Å².